The molecule has 1 aromatic carbocycles. The Morgan fingerprint density at radius 3 is 2.84 bits per heavy atom. The molecule has 2 atom stereocenters. The fourth-order valence-corrected chi connectivity index (χ4v) is 6.24. The Morgan fingerprint density at radius 2 is 2.19 bits per heavy atom. The largest absolute Gasteiger partial charge is 0.508 e. The van der Waals surface area contributed by atoms with Gasteiger partial charge in [-0.05, 0) is 17.7 Å². The van der Waals surface area contributed by atoms with Crippen LogP contribution < -0.4 is 5.32 Å². The van der Waals surface area contributed by atoms with E-state index in [0.717, 1.165) is 0 Å². The highest BCUT2D eigenvalue weighted by atomic mass is 32.2. The molecule has 1 fully saturated rings. The maximum Gasteiger partial charge on any atom is 0.352 e. The Hall–Kier alpha value is -3.10. The van der Waals surface area contributed by atoms with Gasteiger partial charge in [-0.25, -0.2) is 4.79 Å². The highest BCUT2D eigenvalue weighted by Gasteiger charge is 2.54. The molecule has 3 heterocycles. The fraction of sp³-hybridized carbons (Fsp3) is 0.222. The van der Waals surface area contributed by atoms with E-state index < -0.39 is 29.2 Å². The van der Waals surface area contributed by atoms with Gasteiger partial charge >= 0.3 is 5.97 Å². The number of carboxylic acid groups (broad SMARTS) is 1. The van der Waals surface area contributed by atoms with Crippen LogP contribution in [0, 0.1) is 0 Å². The van der Waals surface area contributed by atoms with Gasteiger partial charge in [-0.3, -0.25) is 14.5 Å². The first kappa shape index (κ1) is 22.1. The Balaban J connectivity index is 1.49. The molecule has 0 radical (unpaired) electrons. The molecule has 0 spiro atoms. The van der Waals surface area contributed by atoms with Gasteiger partial charge in [0.05, 0.1) is 0 Å². The molecule has 1 aromatic heterocycles. The fourth-order valence-electron chi connectivity index (χ4n) is 3.27. The lowest BCUT2D eigenvalue weighted by atomic mass is 10.0. The van der Waals surface area contributed by atoms with Gasteiger partial charge in [0.25, 0.3) is 11.8 Å². The number of nitrogens with one attached hydrogen (secondary N) is 1. The van der Waals surface area contributed by atoms with Crippen molar-refractivity contribution in [3.05, 3.63) is 46.6 Å². The average Bonchev–Trinajstić information content (AvgIpc) is 3.29. The number of aliphatic carboxylic acids is 1. The molecule has 2 aliphatic rings. The van der Waals surface area contributed by atoms with Crippen molar-refractivity contribution in [3.8, 4) is 5.75 Å². The second-order valence-electron chi connectivity index (χ2n) is 6.61. The highest BCUT2D eigenvalue weighted by molar-refractivity contribution is 8.01. The minimum atomic E-state index is -1.22. The van der Waals surface area contributed by atoms with Gasteiger partial charge in [-0.15, -0.1) is 22.0 Å². The molecule has 32 heavy (non-hydrogen) atoms. The van der Waals surface area contributed by atoms with Gasteiger partial charge in [0, 0.05) is 17.1 Å². The summed E-state index contributed by atoms with van der Waals surface area (Å²) >= 11 is 4.01. The molecule has 0 aliphatic carbocycles. The van der Waals surface area contributed by atoms with Crippen LogP contribution in [0.1, 0.15) is 5.56 Å². The van der Waals surface area contributed by atoms with E-state index in [9.17, 15) is 29.8 Å². The van der Waals surface area contributed by atoms with Gasteiger partial charge < -0.3 is 20.7 Å². The summed E-state index contributed by atoms with van der Waals surface area (Å²) in [6.07, 6.45) is 0. The number of phenols is 1. The summed E-state index contributed by atoms with van der Waals surface area (Å²) in [5.41, 5.74) is 1.84. The summed E-state index contributed by atoms with van der Waals surface area (Å²) < 4.78 is 0.692. The van der Waals surface area contributed by atoms with Crippen LogP contribution >= 0.6 is 34.9 Å². The second-order valence-corrected chi connectivity index (χ2v) is 9.77. The van der Waals surface area contributed by atoms with Gasteiger partial charge in [0.1, 0.15) is 28.4 Å². The van der Waals surface area contributed by atoms with Crippen LogP contribution in [0.25, 0.3) is 0 Å². The van der Waals surface area contributed by atoms with E-state index in [2.05, 4.69) is 20.7 Å². The SMILES string of the molecule is O=C(O)C1=C(CSc2nncs2)CS[C@@H]2C(NC(=O)/C(=N/O)c3cccc(O)c3)C(=O)N12. The van der Waals surface area contributed by atoms with Crippen LogP contribution in [-0.2, 0) is 14.4 Å². The highest BCUT2D eigenvalue weighted by Crippen LogP contribution is 2.41. The number of amides is 2. The number of rotatable bonds is 7. The van der Waals surface area contributed by atoms with E-state index >= 15 is 0 Å². The number of thioether (sulfide) groups is 2. The molecule has 0 saturated carbocycles. The summed E-state index contributed by atoms with van der Waals surface area (Å²) in [7, 11) is 0. The summed E-state index contributed by atoms with van der Waals surface area (Å²) in [6, 6.07) is 4.59. The Labute approximate surface area is 193 Å². The molecule has 4 N–H and O–H groups in total. The average molecular weight is 494 g/mol. The molecule has 166 valence electrons. The minimum absolute atomic E-state index is 0.0923. The van der Waals surface area contributed by atoms with Gasteiger partial charge in [0.15, 0.2) is 10.1 Å². The topological polar surface area (TPSA) is 165 Å². The summed E-state index contributed by atoms with van der Waals surface area (Å²) in [6.45, 7) is 0. The molecule has 0 bridgehead atoms. The van der Waals surface area contributed by atoms with E-state index in [1.54, 1.807) is 5.51 Å². The van der Waals surface area contributed by atoms with E-state index in [1.807, 2.05) is 0 Å². The number of carboxylic acids is 1. The van der Waals surface area contributed by atoms with Crippen LogP contribution in [0.4, 0.5) is 0 Å². The number of fused-ring (bicyclic) bond motifs is 1. The number of aromatic nitrogens is 2. The number of benzene rings is 1. The smallest absolute Gasteiger partial charge is 0.352 e. The van der Waals surface area contributed by atoms with Crippen molar-refractivity contribution in [2.45, 2.75) is 15.8 Å². The Morgan fingerprint density at radius 1 is 1.38 bits per heavy atom. The predicted octanol–water partition coefficient (Wildman–Crippen LogP) is 0.953. The first-order valence-corrected chi connectivity index (χ1v) is 11.9. The third kappa shape index (κ3) is 4.16. The van der Waals surface area contributed by atoms with Crippen LogP contribution in [0.15, 0.2) is 50.5 Å². The van der Waals surface area contributed by atoms with Gasteiger partial charge in [0.2, 0.25) is 0 Å². The number of β-lactam (4-membered cyclic amide) rings is 1. The second kappa shape index (κ2) is 9.18. The Kier molecular flexibility index (Phi) is 6.34. The van der Waals surface area contributed by atoms with Crippen molar-refractivity contribution in [1.82, 2.24) is 20.4 Å². The number of carbonyl (C=O) groups is 3. The van der Waals surface area contributed by atoms with Crippen LogP contribution in [0.2, 0.25) is 0 Å². The standard InChI is InChI=1S/C18H15N5O6S3/c24-10-3-1-2-8(4-10)11(22-29)14(25)20-12-15(26)23-13(17(27)28)9(5-30-16(12)23)6-31-18-21-19-7-32-18/h1-4,7,12,16,24,29H,5-6H2,(H,20,25)(H,27,28)/b22-11+/t12?,16-/m1/s1. The number of aromatic hydroxyl groups is 1. The number of nitrogens with zero attached hydrogens (tertiary/aromatic N) is 4. The molecule has 14 heteroatoms. The quantitative estimate of drug-likeness (QED) is 0.143. The van der Waals surface area contributed by atoms with Crippen molar-refractivity contribution in [2.75, 3.05) is 11.5 Å². The van der Waals surface area contributed by atoms with E-state index in [1.165, 1.54) is 64.0 Å². The minimum Gasteiger partial charge on any atom is -0.508 e. The van der Waals surface area contributed by atoms with Crippen molar-refractivity contribution >= 4 is 58.4 Å². The van der Waals surface area contributed by atoms with Gasteiger partial charge in [-0.1, -0.05) is 40.4 Å². The zero-order valence-corrected chi connectivity index (χ0v) is 18.5. The maximum absolute atomic E-state index is 12.8. The zero-order valence-electron chi connectivity index (χ0n) is 16.0. The maximum atomic E-state index is 12.8. The van der Waals surface area contributed by atoms with Crippen molar-refractivity contribution in [1.29, 1.82) is 0 Å². The van der Waals surface area contributed by atoms with Crippen molar-refractivity contribution in [2.24, 2.45) is 5.16 Å². The summed E-state index contributed by atoms with van der Waals surface area (Å²) in [4.78, 5) is 38.4. The van der Waals surface area contributed by atoms with Crippen LogP contribution in [0.5, 0.6) is 5.75 Å². The molecule has 2 aliphatic heterocycles. The third-order valence-electron chi connectivity index (χ3n) is 4.68. The lowest BCUT2D eigenvalue weighted by molar-refractivity contribution is -0.150. The van der Waals surface area contributed by atoms with Gasteiger partial charge in [-0.2, -0.15) is 0 Å². The normalized spacial score (nSPS) is 20.6. The molecular formula is C18H15N5O6S3. The number of carbonyl (C=O) groups excluding carboxylic acids is 2. The van der Waals surface area contributed by atoms with Crippen molar-refractivity contribution < 1.29 is 29.8 Å². The lowest BCUT2D eigenvalue weighted by Gasteiger charge is -2.49. The molecule has 4 rings (SSSR count). The summed E-state index contributed by atoms with van der Waals surface area (Å²) in [5, 5.41) is 41.1. The zero-order chi connectivity index (χ0) is 22.8. The molecular weight excluding hydrogens is 478 g/mol. The van der Waals surface area contributed by atoms with E-state index in [-0.39, 0.29) is 22.7 Å². The first-order valence-electron chi connectivity index (χ1n) is 9.02. The molecule has 1 unspecified atom stereocenters. The first-order chi connectivity index (χ1) is 15.4. The number of hydrogen-bond acceptors (Lipinski definition) is 11. The lowest BCUT2D eigenvalue weighted by Crippen LogP contribution is -2.71. The third-order valence-corrected chi connectivity index (χ3v) is 7.97. The molecule has 1 saturated heterocycles. The van der Waals surface area contributed by atoms with Crippen LogP contribution in [0.3, 0.4) is 0 Å². The number of oxime groups is 1. The van der Waals surface area contributed by atoms with E-state index in [4.69, 9.17) is 0 Å². The predicted molar refractivity (Wildman–Crippen MR) is 117 cm³/mol. The number of hydrogen-bond donors (Lipinski definition) is 4. The van der Waals surface area contributed by atoms with E-state index in [0.29, 0.717) is 21.4 Å². The molecule has 2 aromatic rings. The van der Waals surface area contributed by atoms with Crippen LogP contribution in [-0.4, -0.2) is 76.9 Å². The Bertz CT molecular complexity index is 1140. The molecule has 11 nitrogen and oxygen atoms in total. The molecule has 2 amide bonds. The van der Waals surface area contributed by atoms with Crippen molar-refractivity contribution in [3.63, 3.8) is 0 Å². The monoisotopic (exact) mass is 493 g/mol. The number of phenolic OH excluding ortho intramolecular Hbond substituents is 1. The summed E-state index contributed by atoms with van der Waals surface area (Å²) in [5.74, 6) is -2.04.